The number of carbonyl (C=O) groups excluding carboxylic acids is 3. The number of amides is 3. The first-order valence-electron chi connectivity index (χ1n) is 13.3. The Morgan fingerprint density at radius 1 is 1.10 bits per heavy atom. The van der Waals surface area contributed by atoms with E-state index in [2.05, 4.69) is 20.9 Å². The highest BCUT2D eigenvalue weighted by Crippen LogP contribution is 2.34. The third-order valence-corrected chi connectivity index (χ3v) is 6.43. The summed E-state index contributed by atoms with van der Waals surface area (Å²) in [5, 5.41) is 14.1. The molecule has 1 aliphatic heterocycles. The number of fused-ring (bicyclic) bond motifs is 3. The van der Waals surface area contributed by atoms with Gasteiger partial charge in [0.25, 0.3) is 5.91 Å². The fourth-order valence-corrected chi connectivity index (χ4v) is 4.50. The zero-order valence-electron chi connectivity index (χ0n) is 23.1. The van der Waals surface area contributed by atoms with E-state index < -0.39 is 29.7 Å². The van der Waals surface area contributed by atoms with Gasteiger partial charge in [0.2, 0.25) is 5.91 Å². The molecule has 10 heteroatoms. The summed E-state index contributed by atoms with van der Waals surface area (Å²) < 4.78 is 7.09. The van der Waals surface area contributed by atoms with Gasteiger partial charge < -0.3 is 15.4 Å². The number of nitrogens with one attached hydrogen (secondary N) is 2. The number of benzene rings is 2. The molecule has 1 aromatic heterocycles. The summed E-state index contributed by atoms with van der Waals surface area (Å²) >= 11 is 0. The molecule has 1 unspecified atom stereocenters. The first kappa shape index (κ1) is 27.8. The number of hydrogen-bond acceptors (Lipinski definition) is 6. The van der Waals surface area contributed by atoms with E-state index in [9.17, 15) is 14.4 Å². The summed E-state index contributed by atoms with van der Waals surface area (Å²) in [5.74, 6) is -0.717. The molecule has 10 nitrogen and oxygen atoms in total. The molecule has 0 fully saturated rings. The Bertz CT molecular complexity index is 1330. The monoisotopic (exact) mass is 532 g/mol. The number of nitrogens with zero attached hydrogens (tertiary/aromatic N) is 4. The van der Waals surface area contributed by atoms with Crippen molar-refractivity contribution in [3.63, 3.8) is 0 Å². The van der Waals surface area contributed by atoms with Crippen LogP contribution >= 0.6 is 0 Å². The lowest BCUT2D eigenvalue weighted by Gasteiger charge is -2.35. The van der Waals surface area contributed by atoms with Crippen LogP contribution in [-0.4, -0.2) is 57.1 Å². The second-order valence-electron chi connectivity index (χ2n) is 10.6. The Balaban J connectivity index is 1.81. The minimum Gasteiger partial charge on any atom is -0.444 e. The van der Waals surface area contributed by atoms with Gasteiger partial charge in [-0.2, -0.15) is 0 Å². The fraction of sp³-hybridized carbons (Fsp3) is 0.414. The van der Waals surface area contributed by atoms with E-state index >= 15 is 0 Å². The van der Waals surface area contributed by atoms with Crippen LogP contribution < -0.4 is 15.5 Å². The Morgan fingerprint density at radius 3 is 2.54 bits per heavy atom. The Kier molecular flexibility index (Phi) is 8.32. The average Bonchev–Trinajstić information content (AvgIpc) is 3.35. The lowest BCUT2D eigenvalue weighted by atomic mass is 10.0. The number of hydrogen-bond donors (Lipinski definition) is 2. The van der Waals surface area contributed by atoms with Crippen LogP contribution in [-0.2, 0) is 20.7 Å². The van der Waals surface area contributed by atoms with Crippen LogP contribution in [0.4, 0.5) is 10.5 Å². The molecule has 0 radical (unpaired) electrons. The Hall–Kier alpha value is -4.21. The van der Waals surface area contributed by atoms with Gasteiger partial charge in [0.15, 0.2) is 0 Å². The Labute approximate surface area is 228 Å². The second kappa shape index (κ2) is 11.7. The van der Waals surface area contributed by atoms with Gasteiger partial charge in [-0.05, 0) is 57.4 Å². The maximum Gasteiger partial charge on any atom is 0.408 e. The number of ether oxygens (including phenoxy) is 1. The molecular weight excluding hydrogens is 496 g/mol. The molecule has 4 rings (SSSR count). The Morgan fingerprint density at radius 2 is 1.85 bits per heavy atom. The van der Waals surface area contributed by atoms with E-state index in [1.54, 1.807) is 38.6 Å². The topological polar surface area (TPSA) is 118 Å². The third kappa shape index (κ3) is 6.45. The van der Waals surface area contributed by atoms with Gasteiger partial charge in [-0.25, -0.2) is 9.48 Å². The SMILES string of the molecule is CCCCNC(=O)C(C)N1C(=O)[C@@H](NC(=O)OC(C)(C)C)Cc2cnnn2-c2cc(-c3ccccc3)ccc21. The van der Waals surface area contributed by atoms with Crippen molar-refractivity contribution >= 4 is 23.6 Å². The number of carbonyl (C=O) groups is 3. The number of alkyl carbamates (subject to hydrolysis) is 1. The molecule has 2 atom stereocenters. The first-order valence-corrected chi connectivity index (χ1v) is 13.3. The zero-order valence-corrected chi connectivity index (χ0v) is 23.1. The minimum absolute atomic E-state index is 0.112. The summed E-state index contributed by atoms with van der Waals surface area (Å²) in [6.07, 6.45) is 2.72. The normalized spacial score (nSPS) is 15.9. The molecule has 0 saturated carbocycles. The maximum absolute atomic E-state index is 14.2. The second-order valence-corrected chi connectivity index (χ2v) is 10.6. The van der Waals surface area contributed by atoms with Gasteiger partial charge in [0.05, 0.1) is 23.3 Å². The molecule has 39 heavy (non-hydrogen) atoms. The largest absolute Gasteiger partial charge is 0.444 e. The van der Waals surface area contributed by atoms with Crippen molar-refractivity contribution in [1.29, 1.82) is 0 Å². The van der Waals surface area contributed by atoms with Crippen LogP contribution in [0.15, 0.2) is 54.7 Å². The predicted molar refractivity (Wildman–Crippen MR) is 149 cm³/mol. The molecule has 2 heterocycles. The van der Waals surface area contributed by atoms with Gasteiger partial charge in [-0.3, -0.25) is 14.5 Å². The van der Waals surface area contributed by atoms with Crippen LogP contribution in [0.5, 0.6) is 0 Å². The van der Waals surface area contributed by atoms with Gasteiger partial charge in [-0.1, -0.05) is 55.0 Å². The van der Waals surface area contributed by atoms with Crippen LogP contribution in [0.2, 0.25) is 0 Å². The molecule has 0 saturated heterocycles. The summed E-state index contributed by atoms with van der Waals surface area (Å²) in [6, 6.07) is 13.7. The maximum atomic E-state index is 14.2. The van der Waals surface area contributed by atoms with Crippen molar-refractivity contribution < 1.29 is 19.1 Å². The molecule has 3 aromatic rings. The molecule has 3 amide bonds. The van der Waals surface area contributed by atoms with Crippen molar-refractivity contribution in [2.75, 3.05) is 11.4 Å². The zero-order chi connectivity index (χ0) is 28.2. The predicted octanol–water partition coefficient (Wildman–Crippen LogP) is 4.02. The highest BCUT2D eigenvalue weighted by molar-refractivity contribution is 6.06. The van der Waals surface area contributed by atoms with Gasteiger partial charge in [0.1, 0.15) is 17.7 Å². The molecular formula is C29H36N6O4. The van der Waals surface area contributed by atoms with Crippen LogP contribution in [0.3, 0.4) is 0 Å². The van der Waals surface area contributed by atoms with Crippen molar-refractivity contribution in [1.82, 2.24) is 25.6 Å². The summed E-state index contributed by atoms with van der Waals surface area (Å²) in [7, 11) is 0. The molecule has 0 aliphatic carbocycles. The van der Waals surface area contributed by atoms with E-state index in [1.807, 2.05) is 55.5 Å². The van der Waals surface area contributed by atoms with Crippen molar-refractivity contribution in [2.45, 2.75) is 71.6 Å². The lowest BCUT2D eigenvalue weighted by molar-refractivity contribution is -0.127. The standard InChI is InChI=1S/C29H36N6O4/c1-6-7-15-30-26(36)19(2)34-24-14-13-21(20-11-9-8-10-12-20)16-25(24)35-22(18-31-33-35)17-23(27(34)37)32-28(38)39-29(3,4)5/h8-14,16,18-19,23H,6-7,15,17H2,1-5H3,(H,30,36)(H,32,38)/t19?,23-/m0/s1. The number of anilines is 1. The van der Waals surface area contributed by atoms with Gasteiger partial charge in [-0.15, -0.1) is 5.10 Å². The summed E-state index contributed by atoms with van der Waals surface area (Å²) in [5.41, 5.74) is 2.91. The number of rotatable bonds is 7. The molecule has 0 bridgehead atoms. The molecule has 2 aromatic carbocycles. The molecule has 2 N–H and O–H groups in total. The van der Waals surface area contributed by atoms with Crippen molar-refractivity contribution in [3.05, 3.63) is 60.4 Å². The number of aromatic nitrogens is 3. The van der Waals surface area contributed by atoms with Crippen molar-refractivity contribution in [2.24, 2.45) is 0 Å². The quantitative estimate of drug-likeness (QED) is 0.444. The molecule has 0 spiro atoms. The van der Waals surface area contributed by atoms with Crippen LogP contribution in [0.25, 0.3) is 16.8 Å². The van der Waals surface area contributed by atoms with E-state index in [-0.39, 0.29) is 12.3 Å². The average molecular weight is 533 g/mol. The van der Waals surface area contributed by atoms with Crippen LogP contribution in [0.1, 0.15) is 53.2 Å². The fourth-order valence-electron chi connectivity index (χ4n) is 4.50. The van der Waals surface area contributed by atoms with Gasteiger partial charge in [0, 0.05) is 13.0 Å². The van der Waals surface area contributed by atoms with E-state index in [0.29, 0.717) is 23.6 Å². The first-order chi connectivity index (χ1) is 18.6. The van der Waals surface area contributed by atoms with Crippen molar-refractivity contribution in [3.8, 4) is 16.8 Å². The summed E-state index contributed by atoms with van der Waals surface area (Å²) in [4.78, 5) is 41.5. The minimum atomic E-state index is -1.01. The summed E-state index contributed by atoms with van der Waals surface area (Å²) in [6.45, 7) is 9.49. The lowest BCUT2D eigenvalue weighted by Crippen LogP contribution is -2.57. The molecule has 206 valence electrons. The van der Waals surface area contributed by atoms with E-state index in [1.165, 1.54) is 4.90 Å². The highest BCUT2D eigenvalue weighted by Gasteiger charge is 2.38. The van der Waals surface area contributed by atoms with Gasteiger partial charge >= 0.3 is 6.09 Å². The molecule has 1 aliphatic rings. The highest BCUT2D eigenvalue weighted by atomic mass is 16.6. The number of unbranched alkanes of at least 4 members (excludes halogenated alkanes) is 1. The third-order valence-electron chi connectivity index (χ3n) is 6.43. The van der Waals surface area contributed by atoms with E-state index in [4.69, 9.17) is 4.74 Å². The van der Waals surface area contributed by atoms with E-state index in [0.717, 1.165) is 24.0 Å². The van der Waals surface area contributed by atoms with Crippen LogP contribution in [0, 0.1) is 0 Å². The smallest absolute Gasteiger partial charge is 0.408 e.